The summed E-state index contributed by atoms with van der Waals surface area (Å²) in [6.45, 7) is 4.21. The summed E-state index contributed by atoms with van der Waals surface area (Å²) in [5.74, 6) is 0.315. The molecule has 0 bridgehead atoms. The first-order valence-corrected chi connectivity index (χ1v) is 7.91. The molecule has 2 rings (SSSR count). The summed E-state index contributed by atoms with van der Waals surface area (Å²) in [6, 6.07) is 8.67. The van der Waals surface area contributed by atoms with Gasteiger partial charge >= 0.3 is 0 Å². The molecule has 0 N–H and O–H groups in total. The first kappa shape index (κ1) is 16.3. The van der Waals surface area contributed by atoms with Gasteiger partial charge in [-0.25, -0.2) is 0 Å². The highest BCUT2D eigenvalue weighted by Crippen LogP contribution is 2.33. The molecule has 21 heavy (non-hydrogen) atoms. The monoisotopic (exact) mass is 386 g/mol. The largest absolute Gasteiger partial charge is 0.492 e. The van der Waals surface area contributed by atoms with Gasteiger partial charge in [0.1, 0.15) is 5.75 Å². The Balaban J connectivity index is 2.49. The topological polar surface area (TPSA) is 26.3 Å². The number of aryl methyl sites for hydroxylation is 1. The van der Waals surface area contributed by atoms with Crippen LogP contribution in [-0.4, -0.2) is 12.4 Å². The van der Waals surface area contributed by atoms with Gasteiger partial charge in [-0.05, 0) is 37.6 Å². The maximum Gasteiger partial charge on any atom is 0.194 e. The molecule has 0 atom stereocenters. The standard InChI is InChI=1S/C16H13BrCl2O2/c1-3-21-15-8-13(18)12(7-14(15)19)16(20)11-6-10(17)5-4-9(11)2/h4-8H,3H2,1-2H3. The molecule has 0 aliphatic rings. The third-order valence-electron chi connectivity index (χ3n) is 3.01. The Kier molecular flexibility index (Phi) is 5.31. The molecule has 0 saturated heterocycles. The highest BCUT2D eigenvalue weighted by atomic mass is 79.9. The van der Waals surface area contributed by atoms with Crippen molar-refractivity contribution in [2.75, 3.05) is 6.61 Å². The van der Waals surface area contributed by atoms with Crippen molar-refractivity contribution in [1.29, 1.82) is 0 Å². The minimum Gasteiger partial charge on any atom is -0.492 e. The van der Waals surface area contributed by atoms with Crippen LogP contribution in [-0.2, 0) is 0 Å². The van der Waals surface area contributed by atoms with Gasteiger partial charge in [-0.1, -0.05) is 45.2 Å². The molecular formula is C16H13BrCl2O2. The van der Waals surface area contributed by atoms with Crippen molar-refractivity contribution in [2.45, 2.75) is 13.8 Å². The lowest BCUT2D eigenvalue weighted by Crippen LogP contribution is -2.05. The fourth-order valence-electron chi connectivity index (χ4n) is 1.95. The number of halogens is 3. The van der Waals surface area contributed by atoms with E-state index >= 15 is 0 Å². The van der Waals surface area contributed by atoms with E-state index in [2.05, 4.69) is 15.9 Å². The predicted octanol–water partition coefficient (Wildman–Crippen LogP) is 5.69. The van der Waals surface area contributed by atoms with Gasteiger partial charge in [0.25, 0.3) is 0 Å². The summed E-state index contributed by atoms with van der Waals surface area (Å²) in [5, 5.41) is 0.699. The van der Waals surface area contributed by atoms with Gasteiger partial charge < -0.3 is 4.74 Å². The zero-order valence-electron chi connectivity index (χ0n) is 11.5. The minimum absolute atomic E-state index is 0.163. The summed E-state index contributed by atoms with van der Waals surface area (Å²) >= 11 is 15.7. The summed E-state index contributed by atoms with van der Waals surface area (Å²) in [4.78, 5) is 12.7. The van der Waals surface area contributed by atoms with Crippen LogP contribution in [0.5, 0.6) is 5.75 Å². The Morgan fingerprint density at radius 1 is 1.14 bits per heavy atom. The lowest BCUT2D eigenvalue weighted by atomic mass is 9.99. The van der Waals surface area contributed by atoms with Crippen molar-refractivity contribution >= 4 is 44.9 Å². The second kappa shape index (κ2) is 6.82. The van der Waals surface area contributed by atoms with Crippen LogP contribution in [0.2, 0.25) is 10.0 Å². The van der Waals surface area contributed by atoms with Crippen molar-refractivity contribution in [3.8, 4) is 5.75 Å². The maximum atomic E-state index is 12.7. The average molecular weight is 388 g/mol. The number of carbonyl (C=O) groups excluding carboxylic acids is 1. The van der Waals surface area contributed by atoms with Crippen molar-refractivity contribution in [2.24, 2.45) is 0 Å². The highest BCUT2D eigenvalue weighted by Gasteiger charge is 2.18. The molecule has 110 valence electrons. The zero-order chi connectivity index (χ0) is 15.6. The van der Waals surface area contributed by atoms with Gasteiger partial charge in [0.15, 0.2) is 5.78 Å². The van der Waals surface area contributed by atoms with Crippen molar-refractivity contribution in [3.05, 3.63) is 61.5 Å². The second-order valence-electron chi connectivity index (χ2n) is 4.48. The zero-order valence-corrected chi connectivity index (χ0v) is 14.6. The summed E-state index contributed by atoms with van der Waals surface area (Å²) in [7, 11) is 0. The number of ketones is 1. The van der Waals surface area contributed by atoms with E-state index in [0.717, 1.165) is 10.0 Å². The Morgan fingerprint density at radius 3 is 2.52 bits per heavy atom. The molecule has 0 radical (unpaired) electrons. The SMILES string of the molecule is CCOc1cc(Cl)c(C(=O)c2cc(Br)ccc2C)cc1Cl. The van der Waals surface area contributed by atoms with Crippen molar-refractivity contribution in [3.63, 3.8) is 0 Å². The number of carbonyl (C=O) groups is 1. The molecule has 0 unspecified atom stereocenters. The van der Waals surface area contributed by atoms with Gasteiger partial charge in [-0.15, -0.1) is 0 Å². The summed E-state index contributed by atoms with van der Waals surface area (Å²) in [6.07, 6.45) is 0. The lowest BCUT2D eigenvalue weighted by Gasteiger charge is -2.11. The van der Waals surface area contributed by atoms with E-state index in [9.17, 15) is 4.79 Å². The highest BCUT2D eigenvalue weighted by molar-refractivity contribution is 9.10. The molecule has 0 aliphatic carbocycles. The van der Waals surface area contributed by atoms with Crippen LogP contribution in [0.3, 0.4) is 0 Å². The Bertz CT molecular complexity index is 699. The third-order valence-corrected chi connectivity index (χ3v) is 4.11. The Morgan fingerprint density at radius 2 is 1.86 bits per heavy atom. The first-order valence-electron chi connectivity index (χ1n) is 6.36. The van der Waals surface area contributed by atoms with Crippen LogP contribution < -0.4 is 4.74 Å². The van der Waals surface area contributed by atoms with Crippen LogP contribution in [0, 0.1) is 6.92 Å². The van der Waals surface area contributed by atoms with Crippen molar-refractivity contribution in [1.82, 2.24) is 0 Å². The molecule has 0 spiro atoms. The number of benzene rings is 2. The Labute approximate surface area is 142 Å². The predicted molar refractivity (Wildman–Crippen MR) is 89.9 cm³/mol. The minimum atomic E-state index is -0.163. The maximum absolute atomic E-state index is 12.7. The van der Waals surface area contributed by atoms with E-state index in [0.29, 0.717) is 33.5 Å². The molecule has 0 amide bonds. The molecule has 0 heterocycles. The van der Waals surface area contributed by atoms with E-state index in [-0.39, 0.29) is 5.78 Å². The molecule has 0 aromatic heterocycles. The molecule has 0 aliphatic heterocycles. The van der Waals surface area contributed by atoms with E-state index in [1.807, 2.05) is 26.0 Å². The molecule has 2 nitrogen and oxygen atoms in total. The van der Waals surface area contributed by atoms with Crippen LogP contribution in [0.15, 0.2) is 34.8 Å². The van der Waals surface area contributed by atoms with Crippen LogP contribution >= 0.6 is 39.1 Å². The molecule has 0 fully saturated rings. The lowest BCUT2D eigenvalue weighted by molar-refractivity contribution is 0.103. The normalized spacial score (nSPS) is 10.5. The van der Waals surface area contributed by atoms with Crippen LogP contribution in [0.4, 0.5) is 0 Å². The van der Waals surface area contributed by atoms with Gasteiger partial charge in [-0.3, -0.25) is 4.79 Å². The van der Waals surface area contributed by atoms with E-state index in [4.69, 9.17) is 27.9 Å². The first-order chi connectivity index (χ1) is 9.93. The average Bonchev–Trinajstić information content (AvgIpc) is 2.44. The molecule has 5 heteroatoms. The number of hydrogen-bond donors (Lipinski definition) is 0. The second-order valence-corrected chi connectivity index (χ2v) is 6.21. The van der Waals surface area contributed by atoms with Crippen LogP contribution in [0.25, 0.3) is 0 Å². The fraction of sp³-hybridized carbons (Fsp3) is 0.188. The molecule has 2 aromatic rings. The number of rotatable bonds is 4. The molecule has 0 saturated carbocycles. The summed E-state index contributed by atoms with van der Waals surface area (Å²) < 4.78 is 6.20. The number of ether oxygens (including phenoxy) is 1. The number of hydrogen-bond acceptors (Lipinski definition) is 2. The van der Waals surface area contributed by atoms with Crippen LogP contribution in [0.1, 0.15) is 28.4 Å². The molecule has 2 aromatic carbocycles. The quantitative estimate of drug-likeness (QED) is 0.629. The van der Waals surface area contributed by atoms with E-state index in [1.165, 1.54) is 0 Å². The van der Waals surface area contributed by atoms with Gasteiger partial charge in [-0.2, -0.15) is 0 Å². The van der Waals surface area contributed by atoms with Gasteiger partial charge in [0, 0.05) is 21.7 Å². The smallest absolute Gasteiger partial charge is 0.194 e. The fourth-order valence-corrected chi connectivity index (χ4v) is 2.77. The van der Waals surface area contributed by atoms with E-state index < -0.39 is 0 Å². The van der Waals surface area contributed by atoms with Gasteiger partial charge in [0.05, 0.1) is 16.7 Å². The van der Waals surface area contributed by atoms with Gasteiger partial charge in [0.2, 0.25) is 0 Å². The van der Waals surface area contributed by atoms with Crippen molar-refractivity contribution < 1.29 is 9.53 Å². The third kappa shape index (κ3) is 3.60. The van der Waals surface area contributed by atoms with E-state index in [1.54, 1.807) is 18.2 Å². The Hall–Kier alpha value is -1.03. The summed E-state index contributed by atoms with van der Waals surface area (Å²) in [5.41, 5.74) is 1.84. The molecular weight excluding hydrogens is 375 g/mol.